The van der Waals surface area contributed by atoms with Crippen molar-refractivity contribution in [1.29, 1.82) is 0 Å². The summed E-state index contributed by atoms with van der Waals surface area (Å²) in [5.74, 6) is 0.0486. The van der Waals surface area contributed by atoms with Gasteiger partial charge in [-0.3, -0.25) is 9.59 Å². The summed E-state index contributed by atoms with van der Waals surface area (Å²) in [6.45, 7) is 7.01. The van der Waals surface area contributed by atoms with Gasteiger partial charge in [-0.2, -0.15) is 0 Å². The number of hydrogen-bond donors (Lipinski definition) is 2. The number of aryl methyl sites for hydroxylation is 1. The van der Waals surface area contributed by atoms with Crippen LogP contribution in [0.25, 0.3) is 0 Å². The molecular weight excluding hydrogens is 314 g/mol. The normalized spacial score (nSPS) is 15.5. The van der Waals surface area contributed by atoms with E-state index in [9.17, 15) is 9.59 Å². The predicted molar refractivity (Wildman–Crippen MR) is 91.9 cm³/mol. The second-order valence-electron chi connectivity index (χ2n) is 6.05. The van der Waals surface area contributed by atoms with Crippen molar-refractivity contribution in [3.8, 4) is 0 Å². The lowest BCUT2D eigenvalue weighted by Gasteiger charge is -2.21. The largest absolute Gasteiger partial charge is 0.338 e. The highest BCUT2D eigenvalue weighted by atomic mass is 35.5. The number of hydrogen-bond acceptors (Lipinski definition) is 2. The van der Waals surface area contributed by atoms with Crippen LogP contribution in [0.4, 0.5) is 5.69 Å². The van der Waals surface area contributed by atoms with E-state index in [2.05, 4.69) is 5.32 Å². The van der Waals surface area contributed by atoms with Crippen LogP contribution in [0.5, 0.6) is 0 Å². The molecule has 1 saturated heterocycles. The molecule has 0 radical (unpaired) electrons. The molecule has 0 bridgehead atoms. The summed E-state index contributed by atoms with van der Waals surface area (Å²) in [7, 11) is 0. The zero-order chi connectivity index (χ0) is 16.8. The Morgan fingerprint density at radius 1 is 1.26 bits per heavy atom. The summed E-state index contributed by atoms with van der Waals surface area (Å²) in [6, 6.07) is 5.42. The zero-order valence-corrected chi connectivity index (χ0v) is 14.6. The lowest BCUT2D eigenvalue weighted by atomic mass is 10.2. The molecule has 1 aliphatic rings. The first-order valence-corrected chi connectivity index (χ1v) is 8.54. The van der Waals surface area contributed by atoms with Gasteiger partial charge in [-0.25, -0.2) is 0 Å². The number of likely N-dealkylation sites (N-methyl/N-ethyl adjacent to an activating group) is 1. The molecule has 2 rings (SSSR count). The summed E-state index contributed by atoms with van der Waals surface area (Å²) in [5.41, 5.74) is 1.69. The molecule has 1 atom stereocenters. The highest BCUT2D eigenvalue weighted by Crippen LogP contribution is 2.19. The van der Waals surface area contributed by atoms with Crippen molar-refractivity contribution in [2.45, 2.75) is 26.7 Å². The molecule has 23 heavy (non-hydrogen) atoms. The number of nitrogens with one attached hydrogen (secondary N) is 2. The van der Waals surface area contributed by atoms with Gasteiger partial charge in [-0.1, -0.05) is 17.7 Å². The van der Waals surface area contributed by atoms with Gasteiger partial charge in [-0.05, 0) is 44.4 Å². The number of carbonyl (C=O) groups excluding carboxylic acids is 2. The maximum atomic E-state index is 12.2. The second kappa shape index (κ2) is 8.31. The molecule has 0 saturated carbocycles. The molecule has 1 aromatic rings. The van der Waals surface area contributed by atoms with Crippen LogP contribution in [-0.2, 0) is 9.59 Å². The summed E-state index contributed by atoms with van der Waals surface area (Å²) >= 11 is 5.97. The number of anilines is 1. The minimum absolute atomic E-state index is 0.0959. The lowest BCUT2D eigenvalue weighted by Crippen LogP contribution is -3.13. The van der Waals surface area contributed by atoms with Crippen LogP contribution < -0.4 is 10.2 Å². The van der Waals surface area contributed by atoms with Gasteiger partial charge in [-0.15, -0.1) is 0 Å². The Morgan fingerprint density at radius 3 is 2.61 bits per heavy atom. The van der Waals surface area contributed by atoms with E-state index in [-0.39, 0.29) is 18.4 Å². The van der Waals surface area contributed by atoms with Crippen molar-refractivity contribution in [3.63, 3.8) is 0 Å². The van der Waals surface area contributed by atoms with Crippen molar-refractivity contribution in [1.82, 2.24) is 4.90 Å². The van der Waals surface area contributed by atoms with Gasteiger partial charge >= 0.3 is 0 Å². The fraction of sp³-hybridized carbons (Fsp3) is 0.529. The number of amides is 2. The lowest BCUT2D eigenvalue weighted by molar-refractivity contribution is -0.882. The van der Waals surface area contributed by atoms with Crippen molar-refractivity contribution in [3.05, 3.63) is 28.8 Å². The highest BCUT2D eigenvalue weighted by Gasteiger charge is 2.23. The average molecular weight is 339 g/mol. The van der Waals surface area contributed by atoms with E-state index in [1.807, 2.05) is 24.8 Å². The number of quaternary nitrogens is 1. The quantitative estimate of drug-likeness (QED) is 0.816. The topological polar surface area (TPSA) is 53.9 Å². The van der Waals surface area contributed by atoms with Crippen LogP contribution in [0.15, 0.2) is 18.2 Å². The van der Waals surface area contributed by atoms with E-state index in [0.29, 0.717) is 11.6 Å². The van der Waals surface area contributed by atoms with Crippen molar-refractivity contribution >= 4 is 29.1 Å². The van der Waals surface area contributed by atoms with Crippen LogP contribution in [0.2, 0.25) is 5.02 Å². The monoisotopic (exact) mass is 338 g/mol. The molecule has 0 aliphatic carbocycles. The molecular formula is C17H25ClN3O2+. The first kappa shape index (κ1) is 17.8. The Labute approximate surface area is 142 Å². The maximum Gasteiger partial charge on any atom is 0.279 e. The number of likely N-dealkylation sites (tertiary alicyclic amines) is 1. The first-order valence-electron chi connectivity index (χ1n) is 8.17. The van der Waals surface area contributed by atoms with E-state index < -0.39 is 0 Å². The van der Waals surface area contributed by atoms with Gasteiger partial charge in [0.05, 0.1) is 6.54 Å². The van der Waals surface area contributed by atoms with Crippen molar-refractivity contribution in [2.75, 3.05) is 38.0 Å². The van der Waals surface area contributed by atoms with Crippen LogP contribution in [0.3, 0.4) is 0 Å². The Bertz CT molecular complexity index is 571. The Hall–Kier alpha value is -1.59. The average Bonchev–Trinajstić information content (AvgIpc) is 3.04. The molecule has 2 N–H and O–H groups in total. The van der Waals surface area contributed by atoms with E-state index in [4.69, 9.17) is 11.6 Å². The molecule has 1 fully saturated rings. The minimum atomic E-state index is -0.0959. The number of halogens is 1. The molecule has 6 heteroatoms. The number of nitrogens with zero attached hydrogens (tertiary/aromatic N) is 1. The van der Waals surface area contributed by atoms with Gasteiger partial charge in [0.15, 0.2) is 13.1 Å². The minimum Gasteiger partial charge on any atom is -0.338 e. The zero-order valence-electron chi connectivity index (χ0n) is 13.8. The maximum absolute atomic E-state index is 12.2. The van der Waals surface area contributed by atoms with E-state index in [1.165, 1.54) is 0 Å². The predicted octanol–water partition coefficient (Wildman–Crippen LogP) is 1.11. The SMILES string of the molecule is CC[NH+](CC(=O)Nc1cc(Cl)ccc1C)CC(=O)N1CCCC1. The van der Waals surface area contributed by atoms with Gasteiger partial charge in [0.25, 0.3) is 11.8 Å². The van der Waals surface area contributed by atoms with Gasteiger partial charge in [0.2, 0.25) is 0 Å². The molecule has 2 amide bonds. The van der Waals surface area contributed by atoms with E-state index in [0.717, 1.165) is 48.6 Å². The third-order valence-electron chi connectivity index (χ3n) is 4.24. The van der Waals surface area contributed by atoms with Crippen LogP contribution in [0.1, 0.15) is 25.3 Å². The molecule has 0 aromatic heterocycles. The fourth-order valence-electron chi connectivity index (χ4n) is 2.76. The van der Waals surface area contributed by atoms with Crippen molar-refractivity contribution in [2.24, 2.45) is 0 Å². The van der Waals surface area contributed by atoms with Crippen molar-refractivity contribution < 1.29 is 14.5 Å². The van der Waals surface area contributed by atoms with E-state index in [1.54, 1.807) is 12.1 Å². The molecule has 1 aromatic carbocycles. The van der Waals surface area contributed by atoms with Crippen LogP contribution in [0, 0.1) is 6.92 Å². The fourth-order valence-corrected chi connectivity index (χ4v) is 2.93. The first-order chi connectivity index (χ1) is 11.0. The van der Waals surface area contributed by atoms with Crippen LogP contribution >= 0.6 is 11.6 Å². The molecule has 1 unspecified atom stereocenters. The Morgan fingerprint density at radius 2 is 1.96 bits per heavy atom. The summed E-state index contributed by atoms with van der Waals surface area (Å²) in [5, 5.41) is 3.48. The van der Waals surface area contributed by atoms with Gasteiger partial charge in [0, 0.05) is 23.8 Å². The third kappa shape index (κ3) is 5.22. The Balaban J connectivity index is 1.88. The molecule has 0 spiro atoms. The van der Waals surface area contributed by atoms with Crippen LogP contribution in [-0.4, -0.2) is 49.4 Å². The highest BCUT2D eigenvalue weighted by molar-refractivity contribution is 6.31. The van der Waals surface area contributed by atoms with Gasteiger partial charge < -0.3 is 15.1 Å². The standard InChI is InChI=1S/C17H24ClN3O2/c1-3-20(12-17(23)21-8-4-5-9-21)11-16(22)19-15-10-14(18)7-6-13(15)2/h6-7,10H,3-5,8-9,11-12H2,1-2H3,(H,19,22)/p+1. The smallest absolute Gasteiger partial charge is 0.279 e. The molecule has 1 heterocycles. The van der Waals surface area contributed by atoms with E-state index >= 15 is 0 Å². The molecule has 5 nitrogen and oxygen atoms in total. The summed E-state index contributed by atoms with van der Waals surface area (Å²) < 4.78 is 0. The Kier molecular flexibility index (Phi) is 6.42. The summed E-state index contributed by atoms with van der Waals surface area (Å²) in [4.78, 5) is 27.3. The molecule has 126 valence electrons. The third-order valence-corrected chi connectivity index (χ3v) is 4.48. The number of rotatable bonds is 6. The molecule has 1 aliphatic heterocycles. The van der Waals surface area contributed by atoms with Gasteiger partial charge in [0.1, 0.15) is 0 Å². The summed E-state index contributed by atoms with van der Waals surface area (Å²) in [6.07, 6.45) is 2.17. The second-order valence-corrected chi connectivity index (χ2v) is 6.49. The number of benzene rings is 1. The number of carbonyl (C=O) groups is 2.